The molecule has 0 aromatic heterocycles. The lowest BCUT2D eigenvalue weighted by Gasteiger charge is -2.38. The summed E-state index contributed by atoms with van der Waals surface area (Å²) in [4.78, 5) is 40.1. The molecule has 0 radical (unpaired) electrons. The maximum atomic E-state index is 13.3. The molecule has 1 saturated heterocycles. The maximum absolute atomic E-state index is 13.3. The van der Waals surface area contributed by atoms with E-state index in [9.17, 15) is 23.2 Å². The molecule has 33 heavy (non-hydrogen) atoms. The zero-order chi connectivity index (χ0) is 23.5. The third-order valence-electron chi connectivity index (χ3n) is 6.46. The summed E-state index contributed by atoms with van der Waals surface area (Å²) in [6, 6.07) is 11.3. The van der Waals surface area contributed by atoms with E-state index in [2.05, 4.69) is 10.6 Å². The second kappa shape index (κ2) is 9.68. The molecular weight excluding hydrogens is 428 g/mol. The van der Waals surface area contributed by atoms with Crippen molar-refractivity contribution in [3.05, 3.63) is 71.3 Å². The number of halogens is 2. The minimum absolute atomic E-state index is 0.0802. The number of nitrogens with zero attached hydrogens (tertiary/aromatic N) is 1. The van der Waals surface area contributed by atoms with Crippen LogP contribution in [0.3, 0.4) is 0 Å². The average Bonchev–Trinajstić information content (AvgIpc) is 3.20. The van der Waals surface area contributed by atoms with Gasteiger partial charge in [0.05, 0.1) is 6.42 Å². The number of carbonyl (C=O) groups excluding carboxylic acids is 3. The van der Waals surface area contributed by atoms with Crippen molar-refractivity contribution in [2.24, 2.45) is 5.92 Å². The quantitative estimate of drug-likeness (QED) is 0.674. The van der Waals surface area contributed by atoms with Crippen LogP contribution in [0.4, 0.5) is 8.78 Å². The number of rotatable bonds is 7. The minimum Gasteiger partial charge on any atom is -0.344 e. The molecular formula is C25H27F2N3O3. The van der Waals surface area contributed by atoms with E-state index >= 15 is 0 Å². The molecule has 3 amide bonds. The van der Waals surface area contributed by atoms with Gasteiger partial charge in [0.1, 0.15) is 23.7 Å². The summed E-state index contributed by atoms with van der Waals surface area (Å²) >= 11 is 0. The van der Waals surface area contributed by atoms with Crippen LogP contribution >= 0.6 is 0 Å². The fourth-order valence-electron chi connectivity index (χ4n) is 4.84. The first-order valence-electron chi connectivity index (χ1n) is 11.2. The van der Waals surface area contributed by atoms with Gasteiger partial charge in [-0.3, -0.25) is 14.4 Å². The van der Waals surface area contributed by atoms with E-state index in [4.69, 9.17) is 0 Å². The summed E-state index contributed by atoms with van der Waals surface area (Å²) < 4.78 is 26.7. The molecule has 2 aliphatic rings. The van der Waals surface area contributed by atoms with E-state index in [0.29, 0.717) is 6.54 Å². The lowest BCUT2D eigenvalue weighted by atomic mass is 9.92. The molecule has 1 aliphatic carbocycles. The Morgan fingerprint density at radius 2 is 1.76 bits per heavy atom. The van der Waals surface area contributed by atoms with Crippen LogP contribution < -0.4 is 10.6 Å². The van der Waals surface area contributed by atoms with Crippen LogP contribution in [0.2, 0.25) is 0 Å². The number of amides is 3. The highest BCUT2D eigenvalue weighted by atomic mass is 19.1. The van der Waals surface area contributed by atoms with Gasteiger partial charge in [-0.1, -0.05) is 30.3 Å². The van der Waals surface area contributed by atoms with Gasteiger partial charge in [-0.15, -0.1) is 0 Å². The largest absolute Gasteiger partial charge is 0.344 e. The SMILES string of the molecule is C[C@H](NC(=O)Cc1cc(F)cc(F)c1)C(=O)N[C@@H]1C(=O)N(Cc2ccccc2)C2CCC1C2. The van der Waals surface area contributed by atoms with E-state index in [1.165, 1.54) is 6.92 Å². The second-order valence-electron chi connectivity index (χ2n) is 8.91. The Morgan fingerprint density at radius 1 is 1.06 bits per heavy atom. The predicted octanol–water partition coefficient (Wildman–Crippen LogP) is 2.71. The van der Waals surface area contributed by atoms with E-state index in [0.717, 1.165) is 43.0 Å². The van der Waals surface area contributed by atoms with Crippen LogP contribution in [0.15, 0.2) is 48.5 Å². The van der Waals surface area contributed by atoms with E-state index in [1.54, 1.807) is 0 Å². The van der Waals surface area contributed by atoms with E-state index in [1.807, 2.05) is 35.2 Å². The molecule has 4 atom stereocenters. The Morgan fingerprint density at radius 3 is 2.45 bits per heavy atom. The molecule has 2 fully saturated rings. The van der Waals surface area contributed by atoms with Crippen LogP contribution in [0, 0.1) is 17.6 Å². The molecule has 2 bridgehead atoms. The fraction of sp³-hybridized carbons (Fsp3) is 0.400. The van der Waals surface area contributed by atoms with Gasteiger partial charge in [0.2, 0.25) is 17.7 Å². The van der Waals surface area contributed by atoms with Crippen molar-refractivity contribution in [2.75, 3.05) is 0 Å². The highest BCUT2D eigenvalue weighted by molar-refractivity contribution is 5.93. The molecule has 2 aromatic rings. The highest BCUT2D eigenvalue weighted by Crippen LogP contribution is 2.38. The molecule has 8 heteroatoms. The van der Waals surface area contributed by atoms with E-state index < -0.39 is 35.5 Å². The minimum atomic E-state index is -0.898. The molecule has 1 saturated carbocycles. The van der Waals surface area contributed by atoms with Crippen LogP contribution in [0.25, 0.3) is 0 Å². The van der Waals surface area contributed by atoms with Gasteiger partial charge in [0.25, 0.3) is 0 Å². The van der Waals surface area contributed by atoms with Gasteiger partial charge in [-0.2, -0.15) is 0 Å². The lowest BCUT2D eigenvalue weighted by molar-refractivity contribution is -0.143. The van der Waals surface area contributed by atoms with Crippen molar-refractivity contribution in [1.29, 1.82) is 0 Å². The first kappa shape index (κ1) is 22.9. The number of fused-ring (bicyclic) bond motifs is 2. The van der Waals surface area contributed by atoms with Crippen molar-refractivity contribution in [3.8, 4) is 0 Å². The first-order chi connectivity index (χ1) is 15.8. The molecule has 1 aliphatic heterocycles. The molecule has 6 nitrogen and oxygen atoms in total. The second-order valence-corrected chi connectivity index (χ2v) is 8.91. The van der Waals surface area contributed by atoms with Crippen molar-refractivity contribution in [1.82, 2.24) is 15.5 Å². The zero-order valence-corrected chi connectivity index (χ0v) is 18.4. The summed E-state index contributed by atoms with van der Waals surface area (Å²) in [5, 5.41) is 5.38. The summed E-state index contributed by atoms with van der Waals surface area (Å²) in [6.45, 7) is 2.02. The molecule has 2 aromatic carbocycles. The van der Waals surface area contributed by atoms with Crippen molar-refractivity contribution in [2.45, 2.75) is 57.3 Å². The number of carbonyl (C=O) groups is 3. The standard InChI is InChI=1S/C25H27F2N3O3/c1-15(28-22(31)11-17-9-19(26)13-20(27)10-17)24(32)29-23-18-7-8-21(12-18)30(25(23)33)14-16-5-3-2-4-6-16/h2-6,9-10,13,15,18,21,23H,7-8,11-12,14H2,1H3,(H,28,31)(H,29,32)/t15-,18?,21?,23-/m0/s1. The Bertz CT molecular complexity index is 1030. The summed E-state index contributed by atoms with van der Waals surface area (Å²) in [6.07, 6.45) is 2.35. The van der Waals surface area contributed by atoms with Gasteiger partial charge in [-0.05, 0) is 55.4 Å². The molecule has 2 N–H and O–H groups in total. The van der Waals surface area contributed by atoms with Crippen molar-refractivity contribution in [3.63, 3.8) is 0 Å². The lowest BCUT2D eigenvalue weighted by Crippen LogP contribution is -2.59. The summed E-state index contributed by atoms with van der Waals surface area (Å²) in [5.41, 5.74) is 1.21. The smallest absolute Gasteiger partial charge is 0.245 e. The van der Waals surface area contributed by atoms with Gasteiger partial charge in [0, 0.05) is 18.7 Å². The Balaban J connectivity index is 1.36. The number of benzene rings is 2. The average molecular weight is 456 g/mol. The molecule has 174 valence electrons. The Kier molecular flexibility index (Phi) is 6.72. The Hall–Kier alpha value is -3.29. The first-order valence-corrected chi connectivity index (χ1v) is 11.2. The molecule has 0 spiro atoms. The maximum Gasteiger partial charge on any atom is 0.245 e. The van der Waals surface area contributed by atoms with Gasteiger partial charge in [0.15, 0.2) is 0 Å². The van der Waals surface area contributed by atoms with E-state index in [-0.39, 0.29) is 29.9 Å². The number of nitrogens with one attached hydrogen (secondary N) is 2. The molecule has 4 rings (SSSR count). The third kappa shape index (κ3) is 5.38. The number of hydrogen-bond acceptors (Lipinski definition) is 3. The van der Waals surface area contributed by atoms with Crippen molar-refractivity contribution >= 4 is 17.7 Å². The van der Waals surface area contributed by atoms with Crippen molar-refractivity contribution < 1.29 is 23.2 Å². The monoisotopic (exact) mass is 455 g/mol. The normalized spacial score (nSPS) is 22.7. The van der Waals surface area contributed by atoms with Crippen LogP contribution in [-0.4, -0.2) is 40.7 Å². The van der Waals surface area contributed by atoms with Crippen LogP contribution in [0.5, 0.6) is 0 Å². The van der Waals surface area contributed by atoms with Gasteiger partial charge >= 0.3 is 0 Å². The summed E-state index contributed by atoms with van der Waals surface area (Å²) in [7, 11) is 0. The molecule has 1 heterocycles. The number of likely N-dealkylation sites (tertiary alicyclic amines) is 1. The topological polar surface area (TPSA) is 78.5 Å². The third-order valence-corrected chi connectivity index (χ3v) is 6.46. The number of piperidine rings is 1. The van der Waals surface area contributed by atoms with Crippen LogP contribution in [-0.2, 0) is 27.3 Å². The van der Waals surface area contributed by atoms with Gasteiger partial charge in [-0.25, -0.2) is 8.78 Å². The summed E-state index contributed by atoms with van der Waals surface area (Å²) in [5.74, 6) is -2.55. The Labute approximate surface area is 191 Å². The molecule has 2 unspecified atom stereocenters. The van der Waals surface area contributed by atoms with Crippen LogP contribution in [0.1, 0.15) is 37.3 Å². The fourth-order valence-corrected chi connectivity index (χ4v) is 4.84. The highest BCUT2D eigenvalue weighted by Gasteiger charge is 2.46. The van der Waals surface area contributed by atoms with Gasteiger partial charge < -0.3 is 15.5 Å². The zero-order valence-electron chi connectivity index (χ0n) is 18.4. The predicted molar refractivity (Wildman–Crippen MR) is 118 cm³/mol. The number of hydrogen-bond donors (Lipinski definition) is 2.